The summed E-state index contributed by atoms with van der Waals surface area (Å²) in [7, 11) is 0. The number of carbonyl (C=O) groups excluding carboxylic acids is 1. The van der Waals surface area contributed by atoms with Gasteiger partial charge in [-0.15, -0.1) is 0 Å². The summed E-state index contributed by atoms with van der Waals surface area (Å²) >= 11 is 0. The number of nitrogens with zero attached hydrogens (tertiary/aromatic N) is 4. The number of nitrogens with one attached hydrogen (secondary N) is 2. The Morgan fingerprint density at radius 1 is 1.24 bits per heavy atom. The Hall–Kier alpha value is -2.96. The van der Waals surface area contributed by atoms with Gasteiger partial charge in [0.2, 0.25) is 0 Å². The molecule has 0 atom stereocenters. The minimum atomic E-state index is -0.00478. The van der Waals surface area contributed by atoms with Gasteiger partial charge in [0, 0.05) is 36.4 Å². The highest BCUT2D eigenvalue weighted by Crippen LogP contribution is 2.29. The van der Waals surface area contributed by atoms with Crippen molar-refractivity contribution in [2.45, 2.75) is 37.8 Å². The molecule has 7 nitrogen and oxygen atoms in total. The summed E-state index contributed by atoms with van der Waals surface area (Å²) in [6.45, 7) is 0. The number of aromatic amines is 1. The summed E-state index contributed by atoms with van der Waals surface area (Å²) in [5, 5.41) is 7.63. The first-order valence-electron chi connectivity index (χ1n) is 8.54. The van der Waals surface area contributed by atoms with Gasteiger partial charge in [-0.3, -0.25) is 9.48 Å². The van der Waals surface area contributed by atoms with Crippen LogP contribution in [-0.2, 0) is 0 Å². The largest absolute Gasteiger partial charge is 0.367 e. The standard InChI is InChI=1S/C18H20N6O/c25-18(13-5-7-19-9-13)23-15-1-3-16(4-2-15)24-11-14(10-22-24)17-6-8-20-12-21-17/h5-12,15-16,19H,1-4H2,(H,23,25). The smallest absolute Gasteiger partial charge is 0.253 e. The Bertz CT molecular complexity index is 818. The fraction of sp³-hybridized carbons (Fsp3) is 0.333. The Balaban J connectivity index is 1.34. The van der Waals surface area contributed by atoms with Gasteiger partial charge in [0.1, 0.15) is 6.33 Å². The van der Waals surface area contributed by atoms with Gasteiger partial charge in [-0.1, -0.05) is 0 Å². The molecule has 3 aromatic heterocycles. The van der Waals surface area contributed by atoms with Crippen molar-refractivity contribution in [3.05, 3.63) is 55.0 Å². The number of carbonyl (C=O) groups is 1. The predicted octanol–water partition coefficient (Wildman–Crippen LogP) is 2.58. The van der Waals surface area contributed by atoms with E-state index >= 15 is 0 Å². The molecule has 3 heterocycles. The number of rotatable bonds is 4. The van der Waals surface area contributed by atoms with Gasteiger partial charge in [0.25, 0.3) is 5.91 Å². The molecule has 1 saturated carbocycles. The lowest BCUT2D eigenvalue weighted by atomic mass is 9.91. The summed E-state index contributed by atoms with van der Waals surface area (Å²) in [6, 6.07) is 4.28. The predicted molar refractivity (Wildman–Crippen MR) is 92.8 cm³/mol. The topological polar surface area (TPSA) is 88.5 Å². The molecule has 0 unspecified atom stereocenters. The van der Waals surface area contributed by atoms with Gasteiger partial charge in [0.15, 0.2) is 0 Å². The van der Waals surface area contributed by atoms with Gasteiger partial charge in [-0.25, -0.2) is 9.97 Å². The maximum atomic E-state index is 12.1. The monoisotopic (exact) mass is 336 g/mol. The normalized spacial score (nSPS) is 20.3. The molecule has 0 spiro atoms. The van der Waals surface area contributed by atoms with Crippen LogP contribution in [0.5, 0.6) is 0 Å². The van der Waals surface area contributed by atoms with Gasteiger partial charge >= 0.3 is 0 Å². The zero-order chi connectivity index (χ0) is 17.1. The summed E-state index contributed by atoms with van der Waals surface area (Å²) < 4.78 is 2.03. The average molecular weight is 336 g/mol. The molecule has 0 aromatic carbocycles. The van der Waals surface area contributed by atoms with E-state index in [1.165, 1.54) is 0 Å². The first kappa shape index (κ1) is 15.6. The second kappa shape index (κ2) is 6.88. The maximum absolute atomic E-state index is 12.1. The van der Waals surface area contributed by atoms with Crippen molar-refractivity contribution in [2.24, 2.45) is 0 Å². The quantitative estimate of drug-likeness (QED) is 0.766. The third kappa shape index (κ3) is 3.45. The number of amides is 1. The lowest BCUT2D eigenvalue weighted by molar-refractivity contribution is 0.0922. The van der Waals surface area contributed by atoms with Crippen LogP contribution in [0.2, 0.25) is 0 Å². The van der Waals surface area contributed by atoms with E-state index in [2.05, 4.69) is 25.4 Å². The summed E-state index contributed by atoms with van der Waals surface area (Å²) in [4.78, 5) is 23.2. The zero-order valence-electron chi connectivity index (χ0n) is 13.8. The average Bonchev–Trinajstić information content (AvgIpc) is 3.35. The van der Waals surface area contributed by atoms with Gasteiger partial charge in [0.05, 0.1) is 23.5 Å². The van der Waals surface area contributed by atoms with Crippen LogP contribution >= 0.6 is 0 Å². The van der Waals surface area contributed by atoms with Crippen molar-refractivity contribution >= 4 is 5.91 Å². The zero-order valence-corrected chi connectivity index (χ0v) is 13.8. The fourth-order valence-corrected chi connectivity index (χ4v) is 3.35. The Labute approximate surface area is 145 Å². The van der Waals surface area contributed by atoms with Crippen molar-refractivity contribution in [3.63, 3.8) is 0 Å². The molecule has 1 amide bonds. The van der Waals surface area contributed by atoms with Crippen molar-refractivity contribution in [2.75, 3.05) is 0 Å². The molecule has 0 bridgehead atoms. The summed E-state index contributed by atoms with van der Waals surface area (Å²) in [5.41, 5.74) is 2.57. The van der Waals surface area contributed by atoms with Crippen LogP contribution in [0.15, 0.2) is 49.4 Å². The van der Waals surface area contributed by atoms with E-state index in [1.807, 2.05) is 23.1 Å². The van der Waals surface area contributed by atoms with Crippen molar-refractivity contribution in [3.8, 4) is 11.3 Å². The van der Waals surface area contributed by atoms with Crippen LogP contribution in [0, 0.1) is 0 Å². The van der Waals surface area contributed by atoms with Crippen molar-refractivity contribution in [1.82, 2.24) is 30.0 Å². The first-order chi connectivity index (χ1) is 12.3. The molecule has 0 radical (unpaired) electrons. The highest BCUT2D eigenvalue weighted by atomic mass is 16.1. The van der Waals surface area contributed by atoms with E-state index < -0.39 is 0 Å². The van der Waals surface area contributed by atoms with Crippen LogP contribution in [0.1, 0.15) is 42.1 Å². The molecule has 2 N–H and O–H groups in total. The molecule has 7 heteroatoms. The molecular formula is C18H20N6O. The number of H-pyrrole nitrogens is 1. The Morgan fingerprint density at radius 2 is 2.12 bits per heavy atom. The molecule has 4 rings (SSSR count). The molecule has 0 saturated heterocycles. The van der Waals surface area contributed by atoms with E-state index in [-0.39, 0.29) is 11.9 Å². The lowest BCUT2D eigenvalue weighted by Gasteiger charge is -2.29. The summed E-state index contributed by atoms with van der Waals surface area (Å²) in [5.74, 6) is -0.00478. The molecular weight excluding hydrogens is 316 g/mol. The minimum Gasteiger partial charge on any atom is -0.367 e. The van der Waals surface area contributed by atoms with Crippen LogP contribution in [0.4, 0.5) is 0 Å². The number of hydrogen-bond donors (Lipinski definition) is 2. The van der Waals surface area contributed by atoms with E-state index in [9.17, 15) is 4.79 Å². The fourth-order valence-electron chi connectivity index (χ4n) is 3.35. The summed E-state index contributed by atoms with van der Waals surface area (Å²) in [6.07, 6.45) is 14.6. The van der Waals surface area contributed by atoms with Crippen molar-refractivity contribution in [1.29, 1.82) is 0 Å². The van der Waals surface area contributed by atoms with E-state index in [0.717, 1.165) is 36.9 Å². The van der Waals surface area contributed by atoms with Gasteiger partial charge in [-0.05, 0) is 37.8 Å². The first-order valence-corrected chi connectivity index (χ1v) is 8.54. The van der Waals surface area contributed by atoms with Crippen LogP contribution < -0.4 is 5.32 Å². The highest BCUT2D eigenvalue weighted by Gasteiger charge is 2.24. The Morgan fingerprint density at radius 3 is 2.84 bits per heavy atom. The molecule has 1 aliphatic rings. The number of hydrogen-bond acceptors (Lipinski definition) is 4. The molecule has 128 valence electrons. The molecule has 1 fully saturated rings. The van der Waals surface area contributed by atoms with E-state index in [0.29, 0.717) is 11.6 Å². The second-order valence-electron chi connectivity index (χ2n) is 6.38. The van der Waals surface area contributed by atoms with Gasteiger partial charge < -0.3 is 10.3 Å². The SMILES string of the molecule is O=C(NC1CCC(n2cc(-c3ccncn3)cn2)CC1)c1cc[nH]c1. The molecule has 25 heavy (non-hydrogen) atoms. The Kier molecular flexibility index (Phi) is 4.28. The van der Waals surface area contributed by atoms with Gasteiger partial charge in [-0.2, -0.15) is 5.10 Å². The third-order valence-corrected chi connectivity index (χ3v) is 4.75. The highest BCUT2D eigenvalue weighted by molar-refractivity contribution is 5.94. The number of aromatic nitrogens is 5. The third-order valence-electron chi connectivity index (χ3n) is 4.75. The molecule has 3 aromatic rings. The molecule has 1 aliphatic carbocycles. The maximum Gasteiger partial charge on any atom is 0.253 e. The van der Waals surface area contributed by atoms with Crippen LogP contribution in [-0.4, -0.2) is 36.7 Å². The van der Waals surface area contributed by atoms with Crippen LogP contribution in [0.25, 0.3) is 11.3 Å². The van der Waals surface area contributed by atoms with E-state index in [4.69, 9.17) is 0 Å². The minimum absolute atomic E-state index is 0.00478. The van der Waals surface area contributed by atoms with Crippen LogP contribution in [0.3, 0.4) is 0 Å². The lowest BCUT2D eigenvalue weighted by Crippen LogP contribution is -2.37. The van der Waals surface area contributed by atoms with E-state index in [1.54, 1.807) is 31.0 Å². The van der Waals surface area contributed by atoms with Crippen molar-refractivity contribution < 1.29 is 4.79 Å². The molecule has 0 aliphatic heterocycles. The second-order valence-corrected chi connectivity index (χ2v) is 6.38.